The second-order valence-electron chi connectivity index (χ2n) is 6.76. The molecular weight excluding hydrogens is 370 g/mol. The van der Waals surface area contributed by atoms with Crippen molar-refractivity contribution in [3.63, 3.8) is 0 Å². The molecule has 156 valence electrons. The van der Waals surface area contributed by atoms with Gasteiger partial charge in [-0.3, -0.25) is 9.59 Å². The van der Waals surface area contributed by atoms with E-state index in [4.69, 9.17) is 5.21 Å². The highest BCUT2D eigenvalue weighted by Gasteiger charge is 2.16. The van der Waals surface area contributed by atoms with Gasteiger partial charge in [0.2, 0.25) is 11.8 Å². The van der Waals surface area contributed by atoms with E-state index in [1.807, 2.05) is 34.9 Å². The van der Waals surface area contributed by atoms with Crippen molar-refractivity contribution in [1.29, 1.82) is 0 Å². The van der Waals surface area contributed by atoms with Gasteiger partial charge in [-0.1, -0.05) is 48.8 Å². The molecule has 2 aromatic rings. The predicted octanol–water partition coefficient (Wildman–Crippen LogP) is 2.42. The van der Waals surface area contributed by atoms with E-state index < -0.39 is 0 Å². The van der Waals surface area contributed by atoms with Gasteiger partial charge in [-0.2, -0.15) is 0 Å². The maximum Gasteiger partial charge on any atom is 0.239 e. The number of nitrogens with one attached hydrogen (secondary N) is 1. The van der Waals surface area contributed by atoms with Gasteiger partial charge in [-0.25, -0.2) is 4.98 Å². The van der Waals surface area contributed by atoms with Crippen LogP contribution >= 0.6 is 0 Å². The Balaban J connectivity index is 1.82. The molecule has 0 saturated carbocycles. The van der Waals surface area contributed by atoms with Gasteiger partial charge in [0.05, 0.1) is 6.54 Å². The largest absolute Gasteiger partial charge is 0.411 e. The highest BCUT2D eigenvalue weighted by atomic mass is 16.4. The summed E-state index contributed by atoms with van der Waals surface area (Å²) in [5.41, 5.74) is 1.02. The minimum atomic E-state index is -0.158. The molecule has 0 fully saturated rings. The highest BCUT2D eigenvalue weighted by Crippen LogP contribution is 2.05. The fourth-order valence-electron chi connectivity index (χ4n) is 2.91. The first kappa shape index (κ1) is 22.1. The molecule has 2 rings (SSSR count). The van der Waals surface area contributed by atoms with Crippen molar-refractivity contribution in [2.75, 3.05) is 13.1 Å². The number of hydrogen-bond acceptors (Lipinski definition) is 5. The van der Waals surface area contributed by atoms with Crippen LogP contribution in [0.15, 0.2) is 47.9 Å². The number of hydrogen-bond donors (Lipinski definition) is 2. The summed E-state index contributed by atoms with van der Waals surface area (Å²) in [6, 6.07) is 9.69. The van der Waals surface area contributed by atoms with Crippen molar-refractivity contribution in [2.45, 2.75) is 45.7 Å². The number of rotatable bonds is 12. The Labute approximate surface area is 171 Å². The van der Waals surface area contributed by atoms with Crippen molar-refractivity contribution in [2.24, 2.45) is 5.16 Å². The molecule has 0 aliphatic heterocycles. The quantitative estimate of drug-likeness (QED) is 0.325. The maximum atomic E-state index is 12.7. The monoisotopic (exact) mass is 399 g/mol. The van der Waals surface area contributed by atoms with Crippen LogP contribution in [-0.4, -0.2) is 50.8 Å². The molecule has 0 radical (unpaired) electrons. The number of carbonyl (C=O) groups is 2. The van der Waals surface area contributed by atoms with Gasteiger partial charge in [-0.15, -0.1) is 0 Å². The number of aromatic nitrogens is 2. The average molecular weight is 399 g/mol. The molecule has 1 aromatic heterocycles. The van der Waals surface area contributed by atoms with E-state index in [0.717, 1.165) is 18.4 Å². The number of imidazole rings is 1. The topological polar surface area (TPSA) is 99.8 Å². The van der Waals surface area contributed by atoms with Gasteiger partial charge in [-0.05, 0) is 18.4 Å². The van der Waals surface area contributed by atoms with Gasteiger partial charge in [0.25, 0.3) is 0 Å². The van der Waals surface area contributed by atoms with Crippen molar-refractivity contribution in [1.82, 2.24) is 19.8 Å². The van der Waals surface area contributed by atoms with Crippen LogP contribution in [0.4, 0.5) is 0 Å². The predicted molar refractivity (Wildman–Crippen MR) is 111 cm³/mol. The van der Waals surface area contributed by atoms with E-state index in [0.29, 0.717) is 38.3 Å². The lowest BCUT2D eigenvalue weighted by atomic mass is 10.2. The zero-order valence-corrected chi connectivity index (χ0v) is 16.8. The van der Waals surface area contributed by atoms with Gasteiger partial charge >= 0.3 is 0 Å². The number of amides is 2. The smallest absolute Gasteiger partial charge is 0.239 e. The average Bonchev–Trinajstić information content (AvgIpc) is 3.17. The normalized spacial score (nSPS) is 10.9. The minimum absolute atomic E-state index is 0.0363. The van der Waals surface area contributed by atoms with Gasteiger partial charge in [0.15, 0.2) is 5.82 Å². The molecule has 8 nitrogen and oxygen atoms in total. The van der Waals surface area contributed by atoms with E-state index in [1.54, 1.807) is 17.3 Å². The van der Waals surface area contributed by atoms with E-state index >= 15 is 0 Å². The van der Waals surface area contributed by atoms with Crippen molar-refractivity contribution in [3.05, 3.63) is 54.1 Å². The summed E-state index contributed by atoms with van der Waals surface area (Å²) in [6.07, 6.45) is 7.40. The lowest BCUT2D eigenvalue weighted by Gasteiger charge is -2.22. The summed E-state index contributed by atoms with van der Waals surface area (Å²) in [5, 5.41) is 14.5. The summed E-state index contributed by atoms with van der Waals surface area (Å²) in [4.78, 5) is 30.7. The molecule has 2 amide bonds. The van der Waals surface area contributed by atoms with Gasteiger partial charge in [0, 0.05) is 38.4 Å². The van der Waals surface area contributed by atoms with Crippen LogP contribution in [0.1, 0.15) is 44.0 Å². The Bertz CT molecular complexity index is 789. The number of aryl methyl sites for hydroxylation is 1. The van der Waals surface area contributed by atoms with Crippen LogP contribution in [0.5, 0.6) is 0 Å². The number of unbranched alkanes of at least 4 members (excludes halogenated alkanes) is 1. The Morgan fingerprint density at radius 2 is 2.07 bits per heavy atom. The highest BCUT2D eigenvalue weighted by molar-refractivity contribution is 5.84. The van der Waals surface area contributed by atoms with E-state index in [-0.39, 0.29) is 18.4 Å². The Morgan fingerprint density at radius 3 is 2.79 bits per heavy atom. The molecule has 0 saturated heterocycles. The number of carbonyl (C=O) groups excluding carboxylic acids is 2. The van der Waals surface area contributed by atoms with Crippen molar-refractivity contribution < 1.29 is 14.8 Å². The number of nitrogens with zero attached hydrogens (tertiary/aromatic N) is 4. The third-order valence-electron chi connectivity index (χ3n) is 4.51. The molecule has 2 N–H and O–H groups in total. The molecule has 8 heteroatoms. The molecule has 0 spiro atoms. The third-order valence-corrected chi connectivity index (χ3v) is 4.51. The van der Waals surface area contributed by atoms with Crippen LogP contribution in [0.25, 0.3) is 0 Å². The summed E-state index contributed by atoms with van der Waals surface area (Å²) in [7, 11) is 0. The van der Waals surface area contributed by atoms with Crippen LogP contribution in [0, 0.1) is 0 Å². The SMILES string of the molecule is CCCCN(CC(=O)NCc1ccccc1)C(=O)CCCn1ccnc1/C=N/O. The second-order valence-corrected chi connectivity index (χ2v) is 6.76. The number of benzene rings is 1. The molecule has 29 heavy (non-hydrogen) atoms. The molecule has 0 aliphatic rings. The fraction of sp³-hybridized carbons (Fsp3) is 0.429. The van der Waals surface area contributed by atoms with Gasteiger partial charge in [0.1, 0.15) is 6.21 Å². The molecule has 1 heterocycles. The number of oxime groups is 1. The van der Waals surface area contributed by atoms with E-state index in [2.05, 4.69) is 22.4 Å². The van der Waals surface area contributed by atoms with Crippen LogP contribution < -0.4 is 5.32 Å². The zero-order valence-electron chi connectivity index (χ0n) is 16.8. The first-order valence-corrected chi connectivity index (χ1v) is 9.91. The standard InChI is InChI=1S/C21H29N5O3/c1-2-3-12-26(17-20(27)23-15-18-8-5-4-6-9-18)21(28)10-7-13-25-14-11-22-19(25)16-24-29/h4-6,8-9,11,14,16,29H,2-3,7,10,12-13,15,17H2,1H3,(H,23,27)/b24-16+. The van der Waals surface area contributed by atoms with E-state index in [1.165, 1.54) is 6.21 Å². The summed E-state index contributed by atoms with van der Waals surface area (Å²) in [5.74, 6) is 0.336. The van der Waals surface area contributed by atoms with Crippen LogP contribution in [0.2, 0.25) is 0 Å². The Hall–Kier alpha value is -3.16. The first-order valence-electron chi connectivity index (χ1n) is 9.91. The maximum absolute atomic E-state index is 12.7. The summed E-state index contributed by atoms with van der Waals surface area (Å²) >= 11 is 0. The lowest BCUT2D eigenvalue weighted by Crippen LogP contribution is -2.41. The molecule has 0 unspecified atom stereocenters. The molecule has 0 aliphatic carbocycles. The van der Waals surface area contributed by atoms with Crippen molar-refractivity contribution >= 4 is 18.0 Å². The first-order chi connectivity index (χ1) is 14.1. The molecule has 0 atom stereocenters. The minimum Gasteiger partial charge on any atom is -0.411 e. The zero-order chi connectivity index (χ0) is 20.9. The Kier molecular flexibility index (Phi) is 9.41. The molecule has 0 bridgehead atoms. The molecular formula is C21H29N5O3. The second kappa shape index (κ2) is 12.3. The van der Waals surface area contributed by atoms with Crippen LogP contribution in [0.3, 0.4) is 0 Å². The van der Waals surface area contributed by atoms with Gasteiger partial charge < -0.3 is 20.0 Å². The summed E-state index contributed by atoms with van der Waals surface area (Å²) < 4.78 is 1.82. The summed E-state index contributed by atoms with van der Waals surface area (Å²) in [6.45, 7) is 3.72. The lowest BCUT2D eigenvalue weighted by molar-refractivity contribution is -0.136. The van der Waals surface area contributed by atoms with Crippen molar-refractivity contribution in [3.8, 4) is 0 Å². The Morgan fingerprint density at radius 1 is 1.28 bits per heavy atom. The van der Waals surface area contributed by atoms with Crippen LogP contribution in [-0.2, 0) is 22.7 Å². The third kappa shape index (κ3) is 7.77. The fourth-order valence-corrected chi connectivity index (χ4v) is 2.91. The van der Waals surface area contributed by atoms with E-state index in [9.17, 15) is 9.59 Å². The molecule has 1 aromatic carbocycles.